The molecule has 10 nitrogen and oxygen atoms in total. The number of carbonyl (C=O) groups is 1. The fourth-order valence-corrected chi connectivity index (χ4v) is 6.28. The van der Waals surface area contributed by atoms with Crippen LogP contribution in [0.15, 0.2) is 67.5 Å². The summed E-state index contributed by atoms with van der Waals surface area (Å²) < 4.78 is 28.8. The highest BCUT2D eigenvalue weighted by Gasteiger charge is 2.58. The normalized spacial score (nSPS) is 23.7. The molecule has 3 aliphatic rings. The van der Waals surface area contributed by atoms with E-state index in [4.69, 9.17) is 4.98 Å². The largest absolute Gasteiger partial charge is 0.390 e. The Morgan fingerprint density at radius 3 is 2.86 bits per heavy atom. The molecule has 4 aromatic rings. The number of aliphatic hydroxyl groups excluding tert-OH is 1. The highest BCUT2D eigenvalue weighted by Crippen LogP contribution is 2.42. The van der Waals surface area contributed by atoms with Crippen LogP contribution in [0.25, 0.3) is 10.9 Å². The SMILES string of the molecule is C=CCn1ncc2ccc(Nc3ncc(N4CCC[C@H](C(=O)NC5CC5(F)F)C4)c(N[C@H]4c5ccccc5C[C@H]4O)n3)cc21. The van der Waals surface area contributed by atoms with E-state index in [9.17, 15) is 18.7 Å². The molecular formula is C32H34F2N8O2. The van der Waals surface area contributed by atoms with E-state index < -0.39 is 30.0 Å². The lowest BCUT2D eigenvalue weighted by Crippen LogP contribution is -2.44. The number of nitrogens with one attached hydrogen (secondary N) is 3. The van der Waals surface area contributed by atoms with Crippen LogP contribution in [0, 0.1) is 5.92 Å². The summed E-state index contributed by atoms with van der Waals surface area (Å²) in [5.74, 6) is -2.73. The number of hydrogen-bond acceptors (Lipinski definition) is 8. The van der Waals surface area contributed by atoms with Crippen LogP contribution in [0.2, 0.25) is 0 Å². The lowest BCUT2D eigenvalue weighted by molar-refractivity contribution is -0.126. The van der Waals surface area contributed by atoms with Gasteiger partial charge in [0.25, 0.3) is 5.92 Å². The number of hydrogen-bond donors (Lipinski definition) is 4. The van der Waals surface area contributed by atoms with Crippen molar-refractivity contribution in [2.75, 3.05) is 28.6 Å². The number of fused-ring (bicyclic) bond motifs is 2. The maximum absolute atomic E-state index is 13.5. The lowest BCUT2D eigenvalue weighted by Gasteiger charge is -2.35. The molecular weight excluding hydrogens is 566 g/mol. The summed E-state index contributed by atoms with van der Waals surface area (Å²) in [6, 6.07) is 12.3. The molecule has 2 aromatic carbocycles. The number of nitrogens with zero attached hydrogens (tertiary/aromatic N) is 5. The predicted octanol–water partition coefficient (Wildman–Crippen LogP) is 4.57. The van der Waals surface area contributed by atoms with Gasteiger partial charge in [0.1, 0.15) is 0 Å². The first-order valence-corrected chi connectivity index (χ1v) is 14.9. The van der Waals surface area contributed by atoms with Crippen LogP contribution in [0.1, 0.15) is 36.4 Å². The maximum atomic E-state index is 13.5. The molecule has 3 heterocycles. The summed E-state index contributed by atoms with van der Waals surface area (Å²) in [5, 5.41) is 25.7. The van der Waals surface area contributed by atoms with Crippen LogP contribution in [0.4, 0.5) is 31.9 Å². The van der Waals surface area contributed by atoms with Crippen LogP contribution >= 0.6 is 0 Å². The predicted molar refractivity (Wildman–Crippen MR) is 164 cm³/mol. The molecule has 228 valence electrons. The Kier molecular flexibility index (Phi) is 7.16. The Balaban J connectivity index is 1.18. The van der Waals surface area contributed by atoms with Crippen molar-refractivity contribution in [3.63, 3.8) is 0 Å². The van der Waals surface area contributed by atoms with Gasteiger partial charge in [-0.1, -0.05) is 30.3 Å². The number of aromatic nitrogens is 4. The van der Waals surface area contributed by atoms with Gasteiger partial charge in [-0.15, -0.1) is 6.58 Å². The summed E-state index contributed by atoms with van der Waals surface area (Å²) in [6.45, 7) is 5.39. The second kappa shape index (κ2) is 11.2. The van der Waals surface area contributed by atoms with Gasteiger partial charge in [0.05, 0.1) is 54.2 Å². The molecule has 12 heteroatoms. The van der Waals surface area contributed by atoms with Crippen molar-refractivity contribution < 1.29 is 18.7 Å². The highest BCUT2D eigenvalue weighted by atomic mass is 19.3. The van der Waals surface area contributed by atoms with Gasteiger partial charge in [-0.25, -0.2) is 13.8 Å². The first-order chi connectivity index (χ1) is 21.3. The van der Waals surface area contributed by atoms with Crippen molar-refractivity contribution in [3.8, 4) is 0 Å². The van der Waals surface area contributed by atoms with Crippen LogP contribution in [-0.2, 0) is 17.8 Å². The second-order valence-electron chi connectivity index (χ2n) is 11.8. The van der Waals surface area contributed by atoms with E-state index in [1.54, 1.807) is 12.3 Å². The average Bonchev–Trinajstić information content (AvgIpc) is 3.29. The molecule has 1 unspecified atom stereocenters. The fraction of sp³-hybridized carbons (Fsp3) is 0.375. The van der Waals surface area contributed by atoms with Crippen molar-refractivity contribution in [2.45, 2.75) is 56.3 Å². The van der Waals surface area contributed by atoms with Gasteiger partial charge in [0.2, 0.25) is 11.9 Å². The molecule has 0 spiro atoms. The quantitative estimate of drug-likeness (QED) is 0.207. The molecule has 0 radical (unpaired) electrons. The summed E-state index contributed by atoms with van der Waals surface area (Å²) in [6.07, 6.45) is 6.20. The first-order valence-electron chi connectivity index (χ1n) is 14.9. The number of anilines is 4. The van der Waals surface area contributed by atoms with E-state index in [2.05, 4.69) is 32.6 Å². The number of amides is 1. The van der Waals surface area contributed by atoms with Crippen molar-refractivity contribution in [1.82, 2.24) is 25.1 Å². The monoisotopic (exact) mass is 600 g/mol. The molecule has 4 atom stereocenters. The minimum Gasteiger partial charge on any atom is -0.390 e. The first kappa shape index (κ1) is 28.2. The standard InChI is InChI=1S/C32H34F2N8O2/c1-2-11-42-24-14-22(10-9-20(24)16-36-42)37-31-35-17-25(29(40-31)39-28-23-8-4-3-6-19(23)13-26(28)43)41-12-5-7-21(18-41)30(44)38-27-15-32(27,33)34/h2-4,6,8-10,14,16-17,21,26-28,43H,1,5,7,11-13,15,18H2,(H,38,44)(H2,35,37,39,40)/t21-,26+,27?,28-/m0/s1. The van der Waals surface area contributed by atoms with Crippen LogP contribution in [0.3, 0.4) is 0 Å². The lowest BCUT2D eigenvalue weighted by atomic mass is 9.96. The molecule has 2 aliphatic carbocycles. The number of alkyl halides is 2. The minimum atomic E-state index is -2.81. The molecule has 1 saturated carbocycles. The molecule has 1 saturated heterocycles. The maximum Gasteiger partial charge on any atom is 0.270 e. The smallest absolute Gasteiger partial charge is 0.270 e. The van der Waals surface area contributed by atoms with Gasteiger partial charge in [-0.05, 0) is 42.2 Å². The third kappa shape index (κ3) is 5.45. The number of piperidine rings is 1. The van der Waals surface area contributed by atoms with Gasteiger partial charge < -0.3 is 26.0 Å². The van der Waals surface area contributed by atoms with Crippen molar-refractivity contribution in [2.24, 2.45) is 5.92 Å². The van der Waals surface area contributed by atoms with Gasteiger partial charge in [0.15, 0.2) is 5.82 Å². The summed E-state index contributed by atoms with van der Waals surface area (Å²) in [4.78, 5) is 24.4. The number of aliphatic hydroxyl groups is 1. The van der Waals surface area contributed by atoms with E-state index in [-0.39, 0.29) is 12.3 Å². The van der Waals surface area contributed by atoms with Gasteiger partial charge >= 0.3 is 0 Å². The third-order valence-electron chi connectivity index (χ3n) is 8.74. The zero-order valence-corrected chi connectivity index (χ0v) is 24.1. The Morgan fingerprint density at radius 2 is 2.05 bits per heavy atom. The number of halogens is 2. The number of benzene rings is 2. The second-order valence-corrected chi connectivity index (χ2v) is 11.8. The summed E-state index contributed by atoms with van der Waals surface area (Å²) in [5.41, 5.74) is 4.47. The molecule has 44 heavy (non-hydrogen) atoms. The molecule has 0 bridgehead atoms. The number of rotatable bonds is 9. The van der Waals surface area contributed by atoms with Gasteiger partial charge in [-0.2, -0.15) is 10.1 Å². The van der Waals surface area contributed by atoms with E-state index >= 15 is 0 Å². The molecule has 1 aliphatic heterocycles. The van der Waals surface area contributed by atoms with E-state index in [0.717, 1.165) is 27.7 Å². The Hall–Kier alpha value is -4.58. The molecule has 4 N–H and O–H groups in total. The van der Waals surface area contributed by atoms with E-state index in [1.807, 2.05) is 58.2 Å². The van der Waals surface area contributed by atoms with Crippen molar-refractivity contribution in [3.05, 3.63) is 78.6 Å². The van der Waals surface area contributed by atoms with E-state index in [0.29, 0.717) is 56.4 Å². The van der Waals surface area contributed by atoms with Gasteiger partial charge in [0, 0.05) is 37.0 Å². The van der Waals surface area contributed by atoms with E-state index in [1.165, 1.54) is 0 Å². The Morgan fingerprint density at radius 1 is 1.20 bits per heavy atom. The molecule has 1 amide bonds. The Bertz CT molecular complexity index is 1730. The zero-order valence-electron chi connectivity index (χ0n) is 24.1. The van der Waals surface area contributed by atoms with Crippen molar-refractivity contribution in [1.29, 1.82) is 0 Å². The third-order valence-corrected chi connectivity index (χ3v) is 8.74. The number of carbonyl (C=O) groups excluding carboxylic acids is 1. The van der Waals surface area contributed by atoms with Crippen molar-refractivity contribution >= 4 is 40.0 Å². The molecule has 7 rings (SSSR count). The average molecular weight is 601 g/mol. The number of allylic oxidation sites excluding steroid dienone is 1. The minimum absolute atomic E-state index is 0.305. The Labute approximate surface area is 253 Å². The van der Waals surface area contributed by atoms with Gasteiger partial charge in [-0.3, -0.25) is 9.48 Å². The fourth-order valence-electron chi connectivity index (χ4n) is 6.28. The summed E-state index contributed by atoms with van der Waals surface area (Å²) in [7, 11) is 0. The molecule has 2 aromatic heterocycles. The topological polar surface area (TPSA) is 120 Å². The van der Waals surface area contributed by atoms with Crippen LogP contribution in [-0.4, -0.2) is 61.9 Å². The zero-order chi connectivity index (χ0) is 30.4. The highest BCUT2D eigenvalue weighted by molar-refractivity contribution is 5.83. The summed E-state index contributed by atoms with van der Waals surface area (Å²) >= 11 is 0. The van der Waals surface area contributed by atoms with Crippen LogP contribution in [0.5, 0.6) is 0 Å². The molecule has 2 fully saturated rings. The van der Waals surface area contributed by atoms with Crippen LogP contribution < -0.4 is 20.9 Å².